The fraction of sp³-hybridized carbons (Fsp3) is 0.346. The maximum absolute atomic E-state index is 13.9. The monoisotopic (exact) mass is 406 g/mol. The van der Waals surface area contributed by atoms with Gasteiger partial charge in [-0.15, -0.1) is 0 Å². The van der Waals surface area contributed by atoms with Crippen LogP contribution in [0.3, 0.4) is 0 Å². The van der Waals surface area contributed by atoms with Crippen molar-refractivity contribution in [3.8, 4) is 17.2 Å². The van der Waals surface area contributed by atoms with Crippen LogP contribution in [0, 0.1) is 11.8 Å². The Morgan fingerprint density at radius 1 is 1.17 bits per heavy atom. The summed E-state index contributed by atoms with van der Waals surface area (Å²) >= 11 is 0. The number of rotatable bonds is 6. The number of phenols is 2. The molecule has 0 saturated heterocycles. The van der Waals surface area contributed by atoms with Crippen LogP contribution < -0.4 is 4.74 Å². The highest BCUT2D eigenvalue weighted by atomic mass is 16.5. The number of ether oxygens (including phenoxy) is 1. The van der Waals surface area contributed by atoms with Crippen LogP contribution in [-0.4, -0.2) is 23.1 Å². The molecule has 1 aliphatic rings. The maximum Gasteiger partial charge on any atom is 0.174 e. The first-order valence-electron chi connectivity index (χ1n) is 10.3. The zero-order valence-electron chi connectivity index (χ0n) is 18.1. The lowest BCUT2D eigenvalue weighted by Crippen LogP contribution is -2.33. The van der Waals surface area contributed by atoms with Crippen molar-refractivity contribution in [3.63, 3.8) is 0 Å². The quantitative estimate of drug-likeness (QED) is 0.455. The fourth-order valence-corrected chi connectivity index (χ4v) is 4.44. The van der Waals surface area contributed by atoms with Gasteiger partial charge in [-0.2, -0.15) is 0 Å². The lowest BCUT2D eigenvalue weighted by molar-refractivity contribution is 0.0844. The average Bonchev–Trinajstić information content (AvgIpc) is 2.72. The van der Waals surface area contributed by atoms with Crippen molar-refractivity contribution < 1.29 is 19.7 Å². The molecule has 0 amide bonds. The van der Waals surface area contributed by atoms with E-state index in [4.69, 9.17) is 4.74 Å². The van der Waals surface area contributed by atoms with Gasteiger partial charge in [0.15, 0.2) is 5.78 Å². The normalized spacial score (nSPS) is 20.9. The first-order chi connectivity index (χ1) is 14.3. The molecule has 1 aliphatic carbocycles. The van der Waals surface area contributed by atoms with Crippen LogP contribution in [0.5, 0.6) is 17.2 Å². The van der Waals surface area contributed by atoms with E-state index in [1.54, 1.807) is 0 Å². The molecule has 4 heteroatoms. The second-order valence-electron chi connectivity index (χ2n) is 8.26. The van der Waals surface area contributed by atoms with Crippen LogP contribution in [0.25, 0.3) is 0 Å². The van der Waals surface area contributed by atoms with Gasteiger partial charge in [0.05, 0.1) is 7.11 Å². The first kappa shape index (κ1) is 21.7. The molecule has 4 nitrogen and oxygen atoms in total. The number of phenolic OH excluding ortho intramolecular Hbond substituents is 2. The molecule has 30 heavy (non-hydrogen) atoms. The molecule has 0 spiro atoms. The van der Waals surface area contributed by atoms with Gasteiger partial charge in [-0.05, 0) is 51.0 Å². The Hall–Kier alpha value is -3.01. The highest BCUT2D eigenvalue weighted by Gasteiger charge is 2.41. The van der Waals surface area contributed by atoms with Crippen LogP contribution in [0.2, 0.25) is 0 Å². The van der Waals surface area contributed by atoms with E-state index in [1.165, 1.54) is 30.4 Å². The van der Waals surface area contributed by atoms with Crippen molar-refractivity contribution in [1.29, 1.82) is 0 Å². The number of hydrogen-bond acceptors (Lipinski definition) is 4. The van der Waals surface area contributed by atoms with Crippen molar-refractivity contribution in [2.45, 2.75) is 39.5 Å². The molecule has 3 rings (SSSR count). The van der Waals surface area contributed by atoms with Gasteiger partial charge < -0.3 is 14.9 Å². The number of carbonyl (C=O) groups excluding carboxylic acids is 1. The van der Waals surface area contributed by atoms with Gasteiger partial charge in [0, 0.05) is 18.1 Å². The van der Waals surface area contributed by atoms with Gasteiger partial charge >= 0.3 is 0 Å². The lowest BCUT2D eigenvalue weighted by Gasteiger charge is -2.37. The van der Waals surface area contributed by atoms with E-state index in [0.717, 1.165) is 18.4 Å². The van der Waals surface area contributed by atoms with Crippen LogP contribution in [0.4, 0.5) is 0 Å². The summed E-state index contributed by atoms with van der Waals surface area (Å²) in [4.78, 5) is 13.9. The van der Waals surface area contributed by atoms with Gasteiger partial charge in [-0.3, -0.25) is 4.79 Å². The van der Waals surface area contributed by atoms with Gasteiger partial charge in [0.25, 0.3) is 0 Å². The predicted molar refractivity (Wildman–Crippen MR) is 119 cm³/mol. The van der Waals surface area contributed by atoms with E-state index in [2.05, 4.69) is 45.1 Å². The molecule has 0 radical (unpaired) electrons. The zero-order valence-corrected chi connectivity index (χ0v) is 18.1. The summed E-state index contributed by atoms with van der Waals surface area (Å²) in [5.41, 5.74) is 3.65. The third kappa shape index (κ3) is 4.43. The van der Waals surface area contributed by atoms with E-state index >= 15 is 0 Å². The topological polar surface area (TPSA) is 66.8 Å². The molecule has 0 saturated carbocycles. The third-order valence-electron chi connectivity index (χ3n) is 5.99. The van der Waals surface area contributed by atoms with Crippen molar-refractivity contribution >= 4 is 5.78 Å². The smallest absolute Gasteiger partial charge is 0.174 e. The summed E-state index contributed by atoms with van der Waals surface area (Å²) in [6, 6.07) is 12.7. The van der Waals surface area contributed by atoms with Crippen molar-refractivity contribution in [2.24, 2.45) is 11.8 Å². The number of aromatic hydroxyl groups is 2. The molecular formula is C26H30O4. The largest absolute Gasteiger partial charge is 0.508 e. The van der Waals surface area contributed by atoms with Gasteiger partial charge in [-0.25, -0.2) is 0 Å². The summed E-state index contributed by atoms with van der Waals surface area (Å²) < 4.78 is 5.35. The van der Waals surface area contributed by atoms with Crippen molar-refractivity contribution in [1.82, 2.24) is 0 Å². The van der Waals surface area contributed by atoms with Crippen LogP contribution in [0.1, 0.15) is 55.5 Å². The summed E-state index contributed by atoms with van der Waals surface area (Å²) in [5.74, 6) is -0.689. The molecule has 0 aliphatic heterocycles. The summed E-state index contributed by atoms with van der Waals surface area (Å²) in [6.45, 7) is 6.20. The van der Waals surface area contributed by atoms with E-state index in [9.17, 15) is 15.0 Å². The van der Waals surface area contributed by atoms with Crippen LogP contribution >= 0.6 is 0 Å². The zero-order chi connectivity index (χ0) is 21.8. The number of allylic oxidation sites excluding steroid dienone is 4. The SMILES string of the molecule is COc1cc(O)cc(O)c1C(=O)[C@@H]1[C@H](CC=C(C)C)C(C)=CC[C@H]1c1ccccc1. The Morgan fingerprint density at radius 2 is 1.87 bits per heavy atom. The second-order valence-corrected chi connectivity index (χ2v) is 8.26. The Bertz CT molecular complexity index is 968. The average molecular weight is 407 g/mol. The number of hydrogen-bond donors (Lipinski definition) is 2. The number of benzene rings is 2. The van der Waals surface area contributed by atoms with Gasteiger partial charge in [-0.1, -0.05) is 53.6 Å². The number of ketones is 1. The molecular weight excluding hydrogens is 376 g/mol. The molecule has 0 bridgehead atoms. The minimum Gasteiger partial charge on any atom is -0.508 e. The Morgan fingerprint density at radius 3 is 2.50 bits per heavy atom. The van der Waals surface area contributed by atoms with E-state index in [-0.39, 0.29) is 46.3 Å². The molecule has 0 heterocycles. The number of carbonyl (C=O) groups is 1. The maximum atomic E-state index is 13.9. The fourth-order valence-electron chi connectivity index (χ4n) is 4.44. The molecule has 2 aromatic carbocycles. The Balaban J connectivity index is 2.14. The van der Waals surface area contributed by atoms with Gasteiger partial charge in [0.2, 0.25) is 0 Å². The third-order valence-corrected chi connectivity index (χ3v) is 5.99. The minimum absolute atomic E-state index is 0.00382. The number of Topliss-reactive ketones (excluding diaryl/α,β-unsaturated/α-hetero) is 1. The standard InChI is InChI=1S/C26H30O4/c1-16(2)10-12-20-17(3)11-13-21(18-8-6-5-7-9-18)24(20)26(29)25-22(28)14-19(27)15-23(25)30-4/h5-11,14-15,20-21,24,27-28H,12-13H2,1-4H3/t20-,21+,24-/m1/s1. The van der Waals surface area contributed by atoms with Crippen molar-refractivity contribution in [3.05, 3.63) is 76.9 Å². The first-order valence-corrected chi connectivity index (χ1v) is 10.3. The van der Waals surface area contributed by atoms with Gasteiger partial charge in [0.1, 0.15) is 22.8 Å². The number of methoxy groups -OCH3 is 1. The summed E-state index contributed by atoms with van der Waals surface area (Å²) in [6.07, 6.45) is 5.92. The minimum atomic E-state index is -0.350. The molecule has 0 fully saturated rings. The van der Waals surface area contributed by atoms with E-state index in [0.29, 0.717) is 0 Å². The molecule has 0 unspecified atom stereocenters. The summed E-state index contributed by atoms with van der Waals surface area (Å²) in [7, 11) is 1.44. The predicted octanol–water partition coefficient (Wildman–Crippen LogP) is 6.01. The lowest BCUT2D eigenvalue weighted by atomic mass is 9.65. The highest BCUT2D eigenvalue weighted by molar-refractivity contribution is 6.04. The van der Waals surface area contributed by atoms with E-state index < -0.39 is 0 Å². The molecule has 2 N–H and O–H groups in total. The highest BCUT2D eigenvalue weighted by Crippen LogP contribution is 2.47. The van der Waals surface area contributed by atoms with Crippen LogP contribution in [-0.2, 0) is 0 Å². The molecule has 0 aromatic heterocycles. The molecule has 2 aromatic rings. The summed E-state index contributed by atoms with van der Waals surface area (Å²) in [5, 5.41) is 20.4. The van der Waals surface area contributed by atoms with Crippen molar-refractivity contribution in [2.75, 3.05) is 7.11 Å². The molecule has 158 valence electrons. The van der Waals surface area contributed by atoms with Crippen LogP contribution in [0.15, 0.2) is 65.8 Å². The Labute approximate surface area is 178 Å². The molecule has 3 atom stereocenters. The second kappa shape index (κ2) is 9.21. The Kier molecular flexibility index (Phi) is 6.66. The van der Waals surface area contributed by atoms with E-state index in [1.807, 2.05) is 18.2 Å².